The van der Waals surface area contributed by atoms with Crippen LogP contribution in [0.1, 0.15) is 39.9 Å². The highest BCUT2D eigenvalue weighted by Gasteiger charge is 2.18. The van der Waals surface area contributed by atoms with Crippen molar-refractivity contribution in [2.75, 3.05) is 18.5 Å². The highest BCUT2D eigenvalue weighted by Crippen LogP contribution is 2.17. The first kappa shape index (κ1) is 19.1. The van der Waals surface area contributed by atoms with Gasteiger partial charge in [0.2, 0.25) is 5.91 Å². The molecular weight excluding hydrogens is 340 g/mol. The average Bonchev–Trinajstić information content (AvgIpc) is 3.17. The summed E-state index contributed by atoms with van der Waals surface area (Å²) in [6.07, 6.45) is 2.35. The fraction of sp³-hybridized carbons (Fsp3) is 0.364. The van der Waals surface area contributed by atoms with Crippen LogP contribution in [0.5, 0.6) is 0 Å². The standard InChI is InChI=1S/C22H26N2O3/c1-15-9-10-17(12-16(15)2)13-21(25)24-20-8-4-3-7-19(20)22(26)23-14-18-6-5-11-27-18/h3-4,7-10,12,18H,5-6,11,13-14H2,1-2H3,(H,23,26)(H,24,25)/t18-/m1/s1. The van der Waals surface area contributed by atoms with E-state index in [1.807, 2.05) is 38.1 Å². The summed E-state index contributed by atoms with van der Waals surface area (Å²) in [4.78, 5) is 25.0. The van der Waals surface area contributed by atoms with Gasteiger partial charge in [-0.15, -0.1) is 0 Å². The van der Waals surface area contributed by atoms with E-state index in [1.165, 1.54) is 5.56 Å². The lowest BCUT2D eigenvalue weighted by molar-refractivity contribution is -0.115. The van der Waals surface area contributed by atoms with Crippen LogP contribution in [-0.2, 0) is 16.0 Å². The van der Waals surface area contributed by atoms with Crippen molar-refractivity contribution in [1.82, 2.24) is 5.32 Å². The first-order valence-electron chi connectivity index (χ1n) is 9.38. The summed E-state index contributed by atoms with van der Waals surface area (Å²) < 4.78 is 5.53. The highest BCUT2D eigenvalue weighted by molar-refractivity contribution is 6.04. The van der Waals surface area contributed by atoms with Crippen LogP contribution in [0.2, 0.25) is 0 Å². The molecule has 1 aliphatic heterocycles. The highest BCUT2D eigenvalue weighted by atomic mass is 16.5. The van der Waals surface area contributed by atoms with Gasteiger partial charge in [0, 0.05) is 13.2 Å². The van der Waals surface area contributed by atoms with Gasteiger partial charge in [0.1, 0.15) is 0 Å². The van der Waals surface area contributed by atoms with Crippen LogP contribution in [0.25, 0.3) is 0 Å². The Balaban J connectivity index is 1.63. The Kier molecular flexibility index (Phi) is 6.24. The first-order chi connectivity index (χ1) is 13.0. The zero-order valence-electron chi connectivity index (χ0n) is 15.9. The maximum Gasteiger partial charge on any atom is 0.253 e. The molecule has 1 saturated heterocycles. The molecule has 0 aliphatic carbocycles. The lowest BCUT2D eigenvalue weighted by Gasteiger charge is -2.14. The van der Waals surface area contributed by atoms with Crippen molar-refractivity contribution in [3.05, 3.63) is 64.7 Å². The molecule has 2 amide bonds. The van der Waals surface area contributed by atoms with Gasteiger partial charge >= 0.3 is 0 Å². The van der Waals surface area contributed by atoms with Gasteiger partial charge in [-0.1, -0.05) is 30.3 Å². The number of hydrogen-bond donors (Lipinski definition) is 2. The van der Waals surface area contributed by atoms with Crippen molar-refractivity contribution in [3.8, 4) is 0 Å². The Morgan fingerprint density at radius 2 is 1.93 bits per heavy atom. The summed E-state index contributed by atoms with van der Waals surface area (Å²) in [5.41, 5.74) is 4.30. The van der Waals surface area contributed by atoms with Crippen LogP contribution in [0.4, 0.5) is 5.69 Å². The fourth-order valence-electron chi connectivity index (χ4n) is 3.19. The molecule has 0 aromatic heterocycles. The molecule has 1 aliphatic rings. The smallest absolute Gasteiger partial charge is 0.253 e. The van der Waals surface area contributed by atoms with Crippen LogP contribution in [0.3, 0.4) is 0 Å². The molecule has 27 heavy (non-hydrogen) atoms. The number of carbonyl (C=O) groups is 2. The molecule has 3 rings (SSSR count). The number of anilines is 1. The molecule has 142 valence electrons. The van der Waals surface area contributed by atoms with E-state index in [1.54, 1.807) is 18.2 Å². The number of carbonyl (C=O) groups excluding carboxylic acids is 2. The Morgan fingerprint density at radius 1 is 1.11 bits per heavy atom. The molecule has 0 bridgehead atoms. The van der Waals surface area contributed by atoms with Crippen molar-refractivity contribution in [2.24, 2.45) is 0 Å². The second kappa shape index (κ2) is 8.82. The molecule has 0 unspecified atom stereocenters. The summed E-state index contributed by atoms with van der Waals surface area (Å²) >= 11 is 0. The van der Waals surface area contributed by atoms with E-state index in [9.17, 15) is 9.59 Å². The molecule has 1 fully saturated rings. The number of nitrogens with one attached hydrogen (secondary N) is 2. The minimum atomic E-state index is -0.201. The van der Waals surface area contributed by atoms with Crippen LogP contribution in [-0.4, -0.2) is 31.1 Å². The number of aryl methyl sites for hydroxylation is 2. The third-order valence-corrected chi connectivity index (χ3v) is 4.90. The first-order valence-corrected chi connectivity index (χ1v) is 9.38. The molecule has 5 nitrogen and oxygen atoms in total. The summed E-state index contributed by atoms with van der Waals surface area (Å²) in [5, 5.41) is 5.77. The maximum atomic E-state index is 12.5. The summed E-state index contributed by atoms with van der Waals surface area (Å²) in [5.74, 6) is -0.342. The predicted octanol–water partition coefficient (Wildman–Crippen LogP) is 3.39. The molecular formula is C22H26N2O3. The Bertz CT molecular complexity index is 826. The zero-order valence-corrected chi connectivity index (χ0v) is 15.9. The van der Waals surface area contributed by atoms with Crippen LogP contribution in [0.15, 0.2) is 42.5 Å². The maximum absolute atomic E-state index is 12.5. The molecule has 2 aromatic rings. The van der Waals surface area contributed by atoms with E-state index in [2.05, 4.69) is 10.6 Å². The van der Waals surface area contributed by atoms with Crippen LogP contribution >= 0.6 is 0 Å². The number of amides is 2. The Hall–Kier alpha value is -2.66. The quantitative estimate of drug-likeness (QED) is 0.823. The summed E-state index contributed by atoms with van der Waals surface area (Å²) in [6, 6.07) is 13.1. The lowest BCUT2D eigenvalue weighted by Crippen LogP contribution is -2.32. The third kappa shape index (κ3) is 5.17. The largest absolute Gasteiger partial charge is 0.376 e. The molecule has 2 aromatic carbocycles. The van der Waals surface area contributed by atoms with Crippen molar-refractivity contribution in [3.63, 3.8) is 0 Å². The average molecular weight is 366 g/mol. The molecule has 0 spiro atoms. The van der Waals surface area contributed by atoms with Gasteiger partial charge in [0.05, 0.1) is 23.8 Å². The number of para-hydroxylation sites is 1. The number of benzene rings is 2. The molecule has 0 saturated carbocycles. The van der Waals surface area contributed by atoms with Gasteiger partial charge in [-0.25, -0.2) is 0 Å². The molecule has 1 heterocycles. The van der Waals surface area contributed by atoms with Crippen molar-refractivity contribution in [1.29, 1.82) is 0 Å². The molecule has 5 heteroatoms. The summed E-state index contributed by atoms with van der Waals surface area (Å²) in [7, 11) is 0. The SMILES string of the molecule is Cc1ccc(CC(=O)Nc2ccccc2C(=O)NC[C@H]2CCCO2)cc1C. The normalized spacial score (nSPS) is 16.1. The van der Waals surface area contributed by atoms with Gasteiger partial charge in [0.15, 0.2) is 0 Å². The Morgan fingerprint density at radius 3 is 2.67 bits per heavy atom. The van der Waals surface area contributed by atoms with E-state index in [-0.39, 0.29) is 24.3 Å². The minimum absolute atomic E-state index is 0.0838. The number of hydrogen-bond acceptors (Lipinski definition) is 3. The van der Waals surface area contributed by atoms with Gasteiger partial charge in [-0.3, -0.25) is 9.59 Å². The van der Waals surface area contributed by atoms with E-state index >= 15 is 0 Å². The van der Waals surface area contributed by atoms with Crippen molar-refractivity contribution >= 4 is 17.5 Å². The topological polar surface area (TPSA) is 67.4 Å². The second-order valence-electron chi connectivity index (χ2n) is 7.03. The monoisotopic (exact) mass is 366 g/mol. The number of rotatable bonds is 6. The van der Waals surface area contributed by atoms with Gasteiger partial charge in [-0.05, 0) is 55.5 Å². The van der Waals surface area contributed by atoms with E-state index < -0.39 is 0 Å². The zero-order chi connectivity index (χ0) is 19.2. The van der Waals surface area contributed by atoms with Crippen molar-refractivity contribution in [2.45, 2.75) is 39.2 Å². The van der Waals surface area contributed by atoms with Gasteiger partial charge in [-0.2, -0.15) is 0 Å². The van der Waals surface area contributed by atoms with E-state index in [4.69, 9.17) is 4.74 Å². The lowest BCUT2D eigenvalue weighted by atomic mass is 10.0. The minimum Gasteiger partial charge on any atom is -0.376 e. The second-order valence-corrected chi connectivity index (χ2v) is 7.03. The van der Waals surface area contributed by atoms with E-state index in [0.717, 1.165) is 30.6 Å². The number of ether oxygens (including phenoxy) is 1. The summed E-state index contributed by atoms with van der Waals surface area (Å²) in [6.45, 7) is 5.32. The molecule has 1 atom stereocenters. The van der Waals surface area contributed by atoms with E-state index in [0.29, 0.717) is 17.8 Å². The predicted molar refractivity (Wildman–Crippen MR) is 106 cm³/mol. The fourth-order valence-corrected chi connectivity index (χ4v) is 3.19. The Labute approximate surface area is 160 Å². The van der Waals surface area contributed by atoms with Crippen LogP contribution < -0.4 is 10.6 Å². The van der Waals surface area contributed by atoms with Crippen molar-refractivity contribution < 1.29 is 14.3 Å². The van der Waals surface area contributed by atoms with Gasteiger partial charge in [0.25, 0.3) is 5.91 Å². The molecule has 2 N–H and O–H groups in total. The van der Waals surface area contributed by atoms with Crippen LogP contribution in [0, 0.1) is 13.8 Å². The van der Waals surface area contributed by atoms with Gasteiger partial charge < -0.3 is 15.4 Å². The third-order valence-electron chi connectivity index (χ3n) is 4.90. The molecule has 0 radical (unpaired) electrons.